The summed E-state index contributed by atoms with van der Waals surface area (Å²) in [7, 11) is 0. The number of hydrogen-bond donors (Lipinski definition) is 3. The SMILES string of the molecule is N=c1c(C(N)=N/N=C\c2cc3c(cc2[N+](=O)[O-])OCO3)nc2ccccc2n1O. The molecule has 0 fully saturated rings. The summed E-state index contributed by atoms with van der Waals surface area (Å²) in [6.07, 6.45) is 1.13. The number of nitrogens with zero attached hydrogens (tertiary/aromatic N) is 5. The summed E-state index contributed by atoms with van der Waals surface area (Å²) >= 11 is 0. The van der Waals surface area contributed by atoms with E-state index in [4.69, 9.17) is 20.6 Å². The van der Waals surface area contributed by atoms with Crippen molar-refractivity contribution in [1.29, 1.82) is 5.41 Å². The van der Waals surface area contributed by atoms with Gasteiger partial charge in [0.25, 0.3) is 5.69 Å². The molecule has 1 aliphatic rings. The highest BCUT2D eigenvalue weighted by atomic mass is 16.7. The van der Waals surface area contributed by atoms with E-state index in [1.807, 2.05) is 0 Å². The van der Waals surface area contributed by atoms with Crippen LogP contribution in [0.15, 0.2) is 46.6 Å². The Hall–Kier alpha value is -4.48. The van der Waals surface area contributed by atoms with Crippen LogP contribution in [0, 0.1) is 15.5 Å². The number of aromatic nitrogens is 2. The van der Waals surface area contributed by atoms with Crippen LogP contribution in [0.4, 0.5) is 5.69 Å². The Morgan fingerprint density at radius 1 is 1.34 bits per heavy atom. The molecular formula is C17H13N7O5. The minimum absolute atomic E-state index is 0.0285. The highest BCUT2D eigenvalue weighted by Crippen LogP contribution is 2.37. The molecule has 12 heteroatoms. The van der Waals surface area contributed by atoms with Crippen molar-refractivity contribution in [3.63, 3.8) is 0 Å². The van der Waals surface area contributed by atoms with Crippen molar-refractivity contribution in [3.05, 3.63) is 63.3 Å². The number of nitro benzene ring substituents is 1. The summed E-state index contributed by atoms with van der Waals surface area (Å²) in [5.41, 5.74) is 5.99. The Morgan fingerprint density at radius 2 is 2.07 bits per heavy atom. The van der Waals surface area contributed by atoms with E-state index in [2.05, 4.69) is 15.2 Å². The van der Waals surface area contributed by atoms with Crippen molar-refractivity contribution < 1.29 is 19.6 Å². The first-order valence-corrected chi connectivity index (χ1v) is 8.16. The molecule has 0 bridgehead atoms. The van der Waals surface area contributed by atoms with Crippen LogP contribution in [0.2, 0.25) is 0 Å². The molecule has 2 heterocycles. The molecule has 0 saturated heterocycles. The van der Waals surface area contributed by atoms with E-state index in [0.29, 0.717) is 21.5 Å². The number of nitro groups is 1. The summed E-state index contributed by atoms with van der Waals surface area (Å²) in [5.74, 6) is 0.367. The van der Waals surface area contributed by atoms with E-state index >= 15 is 0 Å². The second kappa shape index (κ2) is 6.92. The molecule has 1 aliphatic heterocycles. The van der Waals surface area contributed by atoms with Crippen molar-refractivity contribution in [2.24, 2.45) is 15.9 Å². The van der Waals surface area contributed by atoms with Gasteiger partial charge in [0.05, 0.1) is 28.3 Å². The largest absolute Gasteiger partial charge is 0.454 e. The van der Waals surface area contributed by atoms with Gasteiger partial charge in [-0.1, -0.05) is 12.1 Å². The van der Waals surface area contributed by atoms with E-state index in [9.17, 15) is 15.3 Å². The van der Waals surface area contributed by atoms with E-state index in [-0.39, 0.29) is 40.8 Å². The van der Waals surface area contributed by atoms with Crippen LogP contribution in [0.25, 0.3) is 11.0 Å². The minimum atomic E-state index is -0.585. The molecule has 0 saturated carbocycles. The predicted molar refractivity (Wildman–Crippen MR) is 100 cm³/mol. The summed E-state index contributed by atoms with van der Waals surface area (Å²) in [4.78, 5) is 14.9. The first-order valence-electron chi connectivity index (χ1n) is 8.16. The summed E-state index contributed by atoms with van der Waals surface area (Å²) in [6.45, 7) is -0.0285. The maximum atomic E-state index is 11.3. The van der Waals surface area contributed by atoms with Crippen LogP contribution < -0.4 is 20.7 Å². The molecule has 3 aromatic rings. The fourth-order valence-corrected chi connectivity index (χ4v) is 2.72. The lowest BCUT2D eigenvalue weighted by molar-refractivity contribution is -0.385. The smallest absolute Gasteiger partial charge is 0.282 e. The maximum Gasteiger partial charge on any atom is 0.282 e. The van der Waals surface area contributed by atoms with Crippen molar-refractivity contribution in [2.75, 3.05) is 6.79 Å². The third-order valence-corrected chi connectivity index (χ3v) is 4.10. The molecular weight excluding hydrogens is 382 g/mol. The van der Waals surface area contributed by atoms with Gasteiger partial charge in [0.15, 0.2) is 28.5 Å². The quantitative estimate of drug-likeness (QED) is 0.195. The molecule has 0 unspecified atom stereocenters. The Balaban J connectivity index is 1.71. The van der Waals surface area contributed by atoms with E-state index in [1.165, 1.54) is 12.1 Å². The summed E-state index contributed by atoms with van der Waals surface area (Å²) < 4.78 is 11.0. The first kappa shape index (κ1) is 17.9. The molecule has 29 heavy (non-hydrogen) atoms. The number of benzene rings is 2. The van der Waals surface area contributed by atoms with Gasteiger partial charge in [0, 0.05) is 0 Å². The topological polar surface area (TPSA) is 174 Å². The van der Waals surface area contributed by atoms with E-state index in [0.717, 1.165) is 6.21 Å². The molecule has 1 aromatic heterocycles. The molecule has 2 aromatic carbocycles. The fourth-order valence-electron chi connectivity index (χ4n) is 2.72. The molecule has 0 amide bonds. The normalized spacial score (nSPS) is 13.3. The van der Waals surface area contributed by atoms with E-state index < -0.39 is 4.92 Å². The van der Waals surface area contributed by atoms with Crippen LogP contribution in [-0.4, -0.2) is 38.7 Å². The van der Waals surface area contributed by atoms with Gasteiger partial charge in [0.1, 0.15) is 5.52 Å². The van der Waals surface area contributed by atoms with Crippen molar-refractivity contribution in [1.82, 2.24) is 9.71 Å². The molecule has 0 atom stereocenters. The third-order valence-electron chi connectivity index (χ3n) is 4.10. The number of fused-ring (bicyclic) bond motifs is 2. The van der Waals surface area contributed by atoms with Gasteiger partial charge in [-0.25, -0.2) is 4.98 Å². The summed E-state index contributed by atoms with van der Waals surface area (Å²) in [6, 6.07) is 9.27. The van der Waals surface area contributed by atoms with Crippen LogP contribution in [0.1, 0.15) is 11.3 Å². The average molecular weight is 395 g/mol. The zero-order valence-corrected chi connectivity index (χ0v) is 14.6. The average Bonchev–Trinajstić information content (AvgIpc) is 3.17. The predicted octanol–water partition coefficient (Wildman–Crippen LogP) is 1.13. The third kappa shape index (κ3) is 3.18. The van der Waals surface area contributed by atoms with Crippen LogP contribution >= 0.6 is 0 Å². The first-order chi connectivity index (χ1) is 14.0. The zero-order chi connectivity index (χ0) is 20.5. The number of amidine groups is 1. The molecule has 0 radical (unpaired) electrons. The Kier molecular flexibility index (Phi) is 4.27. The van der Waals surface area contributed by atoms with Gasteiger partial charge in [-0.15, -0.1) is 5.10 Å². The molecule has 0 spiro atoms. The van der Waals surface area contributed by atoms with Crippen LogP contribution in [-0.2, 0) is 0 Å². The Labute approximate surface area is 161 Å². The number of hydrogen-bond acceptors (Lipinski definition) is 9. The van der Waals surface area contributed by atoms with Gasteiger partial charge in [0.2, 0.25) is 6.79 Å². The monoisotopic (exact) mass is 395 g/mol. The number of nitrogens with two attached hydrogens (primary N) is 1. The Bertz CT molecular complexity index is 1260. The number of nitrogens with one attached hydrogen (secondary N) is 1. The second-order valence-corrected chi connectivity index (χ2v) is 5.86. The highest BCUT2D eigenvalue weighted by molar-refractivity contribution is 5.97. The maximum absolute atomic E-state index is 11.3. The van der Waals surface area contributed by atoms with Gasteiger partial charge in [-0.3, -0.25) is 15.5 Å². The lowest BCUT2D eigenvalue weighted by Gasteiger charge is -2.06. The fraction of sp³-hybridized carbons (Fsp3) is 0.0588. The van der Waals surface area contributed by atoms with Crippen molar-refractivity contribution >= 4 is 28.8 Å². The standard InChI is InChI=1S/C17H13N7O5/c18-16(15-17(19)23(25)11-4-2-1-3-10(11)21-15)22-20-7-9-5-13-14(29-8-28-13)6-12(9)24(26)27/h1-7,19,25H,8H2,(H2,18,22)/b19-17?,20-7-. The van der Waals surface area contributed by atoms with Gasteiger partial charge in [-0.05, 0) is 18.2 Å². The number of ether oxygens (including phenoxy) is 2. The molecule has 4 rings (SSSR count). The van der Waals surface area contributed by atoms with Gasteiger partial charge in [-0.2, -0.15) is 9.83 Å². The van der Waals surface area contributed by atoms with Crippen LogP contribution in [0.5, 0.6) is 11.5 Å². The molecule has 0 aliphatic carbocycles. The van der Waals surface area contributed by atoms with Crippen LogP contribution in [0.3, 0.4) is 0 Å². The van der Waals surface area contributed by atoms with Gasteiger partial charge < -0.3 is 20.4 Å². The molecule has 4 N–H and O–H groups in total. The van der Waals surface area contributed by atoms with Crippen molar-refractivity contribution in [3.8, 4) is 11.5 Å². The lowest BCUT2D eigenvalue weighted by Crippen LogP contribution is -2.31. The minimum Gasteiger partial charge on any atom is -0.454 e. The summed E-state index contributed by atoms with van der Waals surface area (Å²) in [5, 5.41) is 36.9. The molecule has 146 valence electrons. The zero-order valence-electron chi connectivity index (χ0n) is 14.6. The molecule has 12 nitrogen and oxygen atoms in total. The highest BCUT2D eigenvalue weighted by Gasteiger charge is 2.22. The Morgan fingerprint density at radius 3 is 2.83 bits per heavy atom. The lowest BCUT2D eigenvalue weighted by atomic mass is 10.1. The van der Waals surface area contributed by atoms with Crippen molar-refractivity contribution in [2.45, 2.75) is 0 Å². The van der Waals surface area contributed by atoms with E-state index in [1.54, 1.807) is 24.3 Å². The number of rotatable bonds is 4. The second-order valence-electron chi connectivity index (χ2n) is 5.86. The van der Waals surface area contributed by atoms with Gasteiger partial charge >= 0.3 is 0 Å². The number of para-hydroxylation sites is 2.